The number of methoxy groups -OCH3 is 1. The highest BCUT2D eigenvalue weighted by Gasteiger charge is 2.36. The Hall–Kier alpha value is -0.120. The van der Waals surface area contributed by atoms with Crippen molar-refractivity contribution in [2.24, 2.45) is 11.8 Å². The summed E-state index contributed by atoms with van der Waals surface area (Å²) in [5.74, 6) is 1.72. The first-order valence-electron chi connectivity index (χ1n) is 7.28. The van der Waals surface area contributed by atoms with E-state index in [4.69, 9.17) is 4.74 Å². The Morgan fingerprint density at radius 1 is 1.18 bits per heavy atom. The largest absolute Gasteiger partial charge is 0.384 e. The highest BCUT2D eigenvalue weighted by molar-refractivity contribution is 4.91. The molecule has 0 aromatic carbocycles. The highest BCUT2D eigenvalue weighted by Crippen LogP contribution is 2.34. The normalized spacial score (nSPS) is 31.4. The van der Waals surface area contributed by atoms with Gasteiger partial charge in [-0.05, 0) is 63.7 Å². The number of nitrogens with one attached hydrogen (secondary N) is 1. The monoisotopic (exact) mass is 240 g/mol. The first-order chi connectivity index (χ1) is 8.35. The molecule has 2 rings (SSSR count). The van der Waals surface area contributed by atoms with Crippen molar-refractivity contribution < 1.29 is 4.74 Å². The molecular weight excluding hydrogens is 212 g/mol. The van der Waals surface area contributed by atoms with Crippen LogP contribution in [0.3, 0.4) is 0 Å². The second-order valence-corrected chi connectivity index (χ2v) is 5.65. The summed E-state index contributed by atoms with van der Waals surface area (Å²) in [5.41, 5.74) is 0. The van der Waals surface area contributed by atoms with Gasteiger partial charge in [-0.25, -0.2) is 0 Å². The summed E-state index contributed by atoms with van der Waals surface area (Å²) < 4.78 is 5.26. The van der Waals surface area contributed by atoms with E-state index in [1.54, 1.807) is 0 Å². The Bertz CT molecular complexity index is 214. The van der Waals surface area contributed by atoms with Crippen LogP contribution in [-0.4, -0.2) is 50.8 Å². The SMILES string of the molecule is CCNCC1CCC1N1CCC(COC)CC1. The van der Waals surface area contributed by atoms with Crippen molar-refractivity contribution in [2.75, 3.05) is 39.9 Å². The number of likely N-dealkylation sites (tertiary alicyclic amines) is 1. The first-order valence-corrected chi connectivity index (χ1v) is 7.28. The summed E-state index contributed by atoms with van der Waals surface area (Å²) in [7, 11) is 1.82. The Kier molecular flexibility index (Phi) is 5.26. The van der Waals surface area contributed by atoms with Crippen LogP contribution >= 0.6 is 0 Å². The lowest BCUT2D eigenvalue weighted by atomic mass is 9.77. The Balaban J connectivity index is 1.69. The van der Waals surface area contributed by atoms with E-state index in [1.807, 2.05) is 7.11 Å². The van der Waals surface area contributed by atoms with Gasteiger partial charge in [0.2, 0.25) is 0 Å². The molecule has 0 spiro atoms. The molecule has 2 atom stereocenters. The lowest BCUT2D eigenvalue weighted by Crippen LogP contribution is -2.53. The Morgan fingerprint density at radius 2 is 1.94 bits per heavy atom. The summed E-state index contributed by atoms with van der Waals surface area (Å²) in [6, 6.07) is 0.873. The lowest BCUT2D eigenvalue weighted by Gasteiger charge is -2.47. The van der Waals surface area contributed by atoms with E-state index in [9.17, 15) is 0 Å². The third-order valence-corrected chi connectivity index (χ3v) is 4.55. The molecule has 17 heavy (non-hydrogen) atoms. The topological polar surface area (TPSA) is 24.5 Å². The van der Waals surface area contributed by atoms with Crippen LogP contribution in [0.5, 0.6) is 0 Å². The van der Waals surface area contributed by atoms with Crippen LogP contribution in [0, 0.1) is 11.8 Å². The Morgan fingerprint density at radius 3 is 2.47 bits per heavy atom. The van der Waals surface area contributed by atoms with Gasteiger partial charge < -0.3 is 15.0 Å². The third kappa shape index (κ3) is 3.43. The highest BCUT2D eigenvalue weighted by atomic mass is 16.5. The van der Waals surface area contributed by atoms with Gasteiger partial charge in [0.25, 0.3) is 0 Å². The maximum absolute atomic E-state index is 5.26. The summed E-state index contributed by atoms with van der Waals surface area (Å²) in [4.78, 5) is 2.73. The molecule has 0 aromatic heterocycles. The molecule has 0 amide bonds. The fraction of sp³-hybridized carbons (Fsp3) is 1.00. The lowest BCUT2D eigenvalue weighted by molar-refractivity contribution is 0.0204. The van der Waals surface area contributed by atoms with Gasteiger partial charge in [0.1, 0.15) is 0 Å². The minimum Gasteiger partial charge on any atom is -0.384 e. The number of hydrogen-bond acceptors (Lipinski definition) is 3. The van der Waals surface area contributed by atoms with Crippen LogP contribution in [0.2, 0.25) is 0 Å². The van der Waals surface area contributed by atoms with Crippen molar-refractivity contribution in [3.8, 4) is 0 Å². The van der Waals surface area contributed by atoms with Gasteiger partial charge in [-0.2, -0.15) is 0 Å². The van der Waals surface area contributed by atoms with E-state index in [1.165, 1.54) is 45.3 Å². The van der Waals surface area contributed by atoms with Gasteiger partial charge >= 0.3 is 0 Å². The zero-order valence-corrected chi connectivity index (χ0v) is 11.5. The van der Waals surface area contributed by atoms with E-state index in [2.05, 4.69) is 17.1 Å². The fourth-order valence-corrected chi connectivity index (χ4v) is 3.29. The minimum atomic E-state index is 0.809. The summed E-state index contributed by atoms with van der Waals surface area (Å²) >= 11 is 0. The van der Waals surface area contributed by atoms with E-state index >= 15 is 0 Å². The fourth-order valence-electron chi connectivity index (χ4n) is 3.29. The molecular formula is C14H28N2O. The average Bonchev–Trinajstić information content (AvgIpc) is 2.31. The second-order valence-electron chi connectivity index (χ2n) is 5.65. The molecule has 3 nitrogen and oxygen atoms in total. The van der Waals surface area contributed by atoms with Gasteiger partial charge in [0.15, 0.2) is 0 Å². The van der Waals surface area contributed by atoms with Gasteiger partial charge in [-0.15, -0.1) is 0 Å². The quantitative estimate of drug-likeness (QED) is 0.765. The number of piperidine rings is 1. The number of ether oxygens (including phenoxy) is 1. The van der Waals surface area contributed by atoms with Crippen molar-refractivity contribution in [2.45, 2.75) is 38.6 Å². The molecule has 1 aliphatic carbocycles. The molecule has 1 saturated heterocycles. The molecule has 1 aliphatic heterocycles. The third-order valence-electron chi connectivity index (χ3n) is 4.55. The molecule has 100 valence electrons. The van der Waals surface area contributed by atoms with Gasteiger partial charge in [0.05, 0.1) is 0 Å². The molecule has 0 radical (unpaired) electrons. The maximum atomic E-state index is 5.26. The van der Waals surface area contributed by atoms with Crippen LogP contribution in [0.25, 0.3) is 0 Å². The predicted octanol–water partition coefficient (Wildman–Crippen LogP) is 1.73. The number of rotatable bonds is 6. The van der Waals surface area contributed by atoms with E-state index in [-0.39, 0.29) is 0 Å². The summed E-state index contributed by atoms with van der Waals surface area (Å²) in [5, 5.41) is 3.50. The Labute approximate surface area is 106 Å². The van der Waals surface area contributed by atoms with Crippen LogP contribution in [-0.2, 0) is 4.74 Å². The van der Waals surface area contributed by atoms with Crippen molar-refractivity contribution in [3.63, 3.8) is 0 Å². The molecule has 0 bridgehead atoms. The molecule has 3 heteroatoms. The van der Waals surface area contributed by atoms with Crippen molar-refractivity contribution in [1.82, 2.24) is 10.2 Å². The van der Waals surface area contributed by atoms with E-state index in [0.29, 0.717) is 0 Å². The molecule has 1 heterocycles. The van der Waals surface area contributed by atoms with Gasteiger partial charge in [-0.1, -0.05) is 6.92 Å². The number of nitrogens with zero attached hydrogens (tertiary/aromatic N) is 1. The molecule has 0 aromatic rings. The molecule has 1 saturated carbocycles. The molecule has 1 N–H and O–H groups in total. The zero-order chi connectivity index (χ0) is 12.1. The minimum absolute atomic E-state index is 0.809. The smallest absolute Gasteiger partial charge is 0.0491 e. The van der Waals surface area contributed by atoms with Crippen LogP contribution < -0.4 is 5.32 Å². The molecule has 2 unspecified atom stereocenters. The van der Waals surface area contributed by atoms with E-state index in [0.717, 1.165) is 31.0 Å². The standard InChI is InChI=1S/C14H28N2O/c1-3-15-10-13-4-5-14(13)16-8-6-12(7-9-16)11-17-2/h12-15H,3-11H2,1-2H3. The average molecular weight is 240 g/mol. The second kappa shape index (κ2) is 6.72. The maximum Gasteiger partial charge on any atom is 0.0491 e. The summed E-state index contributed by atoms with van der Waals surface area (Å²) in [6.45, 7) is 8.07. The summed E-state index contributed by atoms with van der Waals surface area (Å²) in [6.07, 6.45) is 5.51. The first kappa shape index (κ1) is 13.3. The van der Waals surface area contributed by atoms with Crippen LogP contribution in [0.4, 0.5) is 0 Å². The van der Waals surface area contributed by atoms with Crippen molar-refractivity contribution in [1.29, 1.82) is 0 Å². The van der Waals surface area contributed by atoms with Crippen molar-refractivity contribution in [3.05, 3.63) is 0 Å². The molecule has 2 fully saturated rings. The number of hydrogen-bond donors (Lipinski definition) is 1. The van der Waals surface area contributed by atoms with Crippen LogP contribution in [0.1, 0.15) is 32.6 Å². The molecule has 2 aliphatic rings. The van der Waals surface area contributed by atoms with Crippen LogP contribution in [0.15, 0.2) is 0 Å². The van der Waals surface area contributed by atoms with Crippen molar-refractivity contribution >= 4 is 0 Å². The predicted molar refractivity (Wildman–Crippen MR) is 71.2 cm³/mol. The van der Waals surface area contributed by atoms with E-state index < -0.39 is 0 Å². The van der Waals surface area contributed by atoms with Gasteiger partial charge in [-0.3, -0.25) is 0 Å². The van der Waals surface area contributed by atoms with Gasteiger partial charge in [0, 0.05) is 19.8 Å². The zero-order valence-electron chi connectivity index (χ0n) is 11.5.